The molecule has 2 aliphatic heterocycles. The number of carbonyl (C=O) groups excluding carboxylic acids is 1. The zero-order chi connectivity index (χ0) is 18.7. The number of piperidine rings is 1. The van der Waals surface area contributed by atoms with Gasteiger partial charge in [-0.05, 0) is 56.5 Å². The standard InChI is InChI=1S/C18H26BrN3O3S/c1-2-21-12-9-15(10-13-21)20-18(23)17-4-3-11-22(17)26(24,25)16-7-5-14(19)6-8-16/h5-8,15,17H,2-4,9-13H2,1H3,(H,20,23)/t17-/m0/s1. The average molecular weight is 444 g/mol. The maximum atomic E-state index is 13.0. The second-order valence-corrected chi connectivity index (χ2v) is 9.75. The Labute approximate surface area is 164 Å². The van der Waals surface area contributed by atoms with Crippen LogP contribution in [0.2, 0.25) is 0 Å². The molecule has 8 heteroatoms. The number of nitrogens with zero attached hydrogens (tertiary/aromatic N) is 2. The van der Waals surface area contributed by atoms with Gasteiger partial charge in [0.2, 0.25) is 15.9 Å². The number of sulfonamides is 1. The van der Waals surface area contributed by atoms with Gasteiger partial charge in [0.25, 0.3) is 0 Å². The first-order chi connectivity index (χ1) is 12.4. The van der Waals surface area contributed by atoms with E-state index in [2.05, 4.69) is 33.1 Å². The lowest BCUT2D eigenvalue weighted by atomic mass is 10.0. The third-order valence-corrected chi connectivity index (χ3v) is 7.76. The van der Waals surface area contributed by atoms with E-state index in [9.17, 15) is 13.2 Å². The minimum Gasteiger partial charge on any atom is -0.352 e. The fraction of sp³-hybridized carbons (Fsp3) is 0.611. The van der Waals surface area contributed by atoms with Crippen LogP contribution in [0.4, 0.5) is 0 Å². The van der Waals surface area contributed by atoms with Gasteiger partial charge in [0, 0.05) is 30.1 Å². The van der Waals surface area contributed by atoms with E-state index in [0.717, 1.165) is 36.9 Å². The van der Waals surface area contributed by atoms with Crippen molar-refractivity contribution in [3.63, 3.8) is 0 Å². The Bertz CT molecular complexity index is 731. The highest BCUT2D eigenvalue weighted by molar-refractivity contribution is 9.10. The van der Waals surface area contributed by atoms with Gasteiger partial charge in [-0.25, -0.2) is 8.42 Å². The van der Waals surface area contributed by atoms with Gasteiger partial charge in [-0.3, -0.25) is 4.79 Å². The Morgan fingerprint density at radius 1 is 1.15 bits per heavy atom. The van der Waals surface area contributed by atoms with Crippen molar-refractivity contribution in [1.29, 1.82) is 0 Å². The quantitative estimate of drug-likeness (QED) is 0.756. The number of carbonyl (C=O) groups is 1. The van der Waals surface area contributed by atoms with Crippen molar-refractivity contribution in [3.05, 3.63) is 28.7 Å². The van der Waals surface area contributed by atoms with E-state index >= 15 is 0 Å². The molecule has 26 heavy (non-hydrogen) atoms. The smallest absolute Gasteiger partial charge is 0.243 e. The molecule has 1 N–H and O–H groups in total. The summed E-state index contributed by atoms with van der Waals surface area (Å²) in [7, 11) is -3.66. The topological polar surface area (TPSA) is 69.7 Å². The lowest BCUT2D eigenvalue weighted by molar-refractivity contribution is -0.125. The molecule has 0 radical (unpaired) electrons. The Morgan fingerprint density at radius 3 is 2.42 bits per heavy atom. The Balaban J connectivity index is 1.67. The molecule has 3 rings (SSSR count). The van der Waals surface area contributed by atoms with Crippen LogP contribution in [0, 0.1) is 0 Å². The van der Waals surface area contributed by atoms with Crippen LogP contribution in [0.25, 0.3) is 0 Å². The zero-order valence-corrected chi connectivity index (χ0v) is 17.4. The molecule has 0 spiro atoms. The van der Waals surface area contributed by atoms with Gasteiger partial charge < -0.3 is 10.2 Å². The summed E-state index contributed by atoms with van der Waals surface area (Å²) in [5.41, 5.74) is 0. The van der Waals surface area contributed by atoms with Gasteiger partial charge >= 0.3 is 0 Å². The number of nitrogens with one attached hydrogen (secondary N) is 1. The van der Waals surface area contributed by atoms with E-state index in [-0.39, 0.29) is 16.8 Å². The van der Waals surface area contributed by atoms with Crippen LogP contribution in [-0.2, 0) is 14.8 Å². The van der Waals surface area contributed by atoms with Crippen molar-refractivity contribution in [3.8, 4) is 0 Å². The van der Waals surface area contributed by atoms with Crippen LogP contribution < -0.4 is 5.32 Å². The predicted molar refractivity (Wildman–Crippen MR) is 104 cm³/mol. The molecule has 1 aromatic rings. The van der Waals surface area contributed by atoms with Crippen LogP contribution in [0.15, 0.2) is 33.6 Å². The molecule has 0 saturated carbocycles. The lowest BCUT2D eigenvalue weighted by Crippen LogP contribution is -2.51. The molecule has 0 bridgehead atoms. The molecule has 1 aromatic carbocycles. The molecule has 0 unspecified atom stereocenters. The highest BCUT2D eigenvalue weighted by Crippen LogP contribution is 2.27. The summed E-state index contributed by atoms with van der Waals surface area (Å²) in [6.45, 7) is 5.52. The molecular formula is C18H26BrN3O3S. The second-order valence-electron chi connectivity index (χ2n) is 6.94. The third kappa shape index (κ3) is 4.30. The fourth-order valence-corrected chi connectivity index (χ4v) is 5.64. The van der Waals surface area contributed by atoms with Gasteiger partial charge in [0.1, 0.15) is 6.04 Å². The van der Waals surface area contributed by atoms with E-state index in [1.807, 2.05) is 0 Å². The summed E-state index contributed by atoms with van der Waals surface area (Å²) in [4.78, 5) is 15.4. The number of likely N-dealkylation sites (tertiary alicyclic amines) is 1. The number of rotatable bonds is 5. The van der Waals surface area contributed by atoms with Crippen molar-refractivity contribution in [2.24, 2.45) is 0 Å². The molecule has 2 aliphatic rings. The van der Waals surface area contributed by atoms with Crippen molar-refractivity contribution >= 4 is 31.9 Å². The minimum atomic E-state index is -3.66. The number of hydrogen-bond donors (Lipinski definition) is 1. The van der Waals surface area contributed by atoms with Gasteiger partial charge in [-0.2, -0.15) is 4.31 Å². The van der Waals surface area contributed by atoms with Crippen molar-refractivity contribution in [1.82, 2.24) is 14.5 Å². The first-order valence-corrected chi connectivity index (χ1v) is 11.4. The predicted octanol–water partition coefficient (Wildman–Crippen LogP) is 2.20. The molecule has 1 amide bonds. The summed E-state index contributed by atoms with van der Waals surface area (Å²) in [6.07, 6.45) is 3.13. The maximum absolute atomic E-state index is 13.0. The SMILES string of the molecule is CCN1CCC(NC(=O)[C@@H]2CCCN2S(=O)(=O)c2ccc(Br)cc2)CC1. The molecule has 1 atom stereocenters. The highest BCUT2D eigenvalue weighted by Gasteiger charge is 2.40. The van der Waals surface area contributed by atoms with Crippen LogP contribution in [0.5, 0.6) is 0 Å². The molecular weight excluding hydrogens is 418 g/mol. The van der Waals surface area contributed by atoms with Crippen LogP contribution in [0.1, 0.15) is 32.6 Å². The van der Waals surface area contributed by atoms with Gasteiger partial charge in [-0.1, -0.05) is 22.9 Å². The summed E-state index contributed by atoms with van der Waals surface area (Å²) in [5, 5.41) is 3.09. The molecule has 6 nitrogen and oxygen atoms in total. The molecule has 2 heterocycles. The first-order valence-electron chi connectivity index (χ1n) is 9.22. The van der Waals surface area contributed by atoms with Gasteiger partial charge in [0.15, 0.2) is 0 Å². The van der Waals surface area contributed by atoms with Crippen LogP contribution in [0.3, 0.4) is 0 Å². The van der Waals surface area contributed by atoms with Crippen LogP contribution in [-0.4, -0.2) is 61.8 Å². The fourth-order valence-electron chi connectivity index (χ4n) is 3.72. The largest absolute Gasteiger partial charge is 0.352 e. The normalized spacial score (nSPS) is 23.2. The minimum absolute atomic E-state index is 0.142. The second kappa shape index (κ2) is 8.37. The summed E-state index contributed by atoms with van der Waals surface area (Å²) < 4.78 is 28.1. The number of hydrogen-bond acceptors (Lipinski definition) is 4. The summed E-state index contributed by atoms with van der Waals surface area (Å²) in [5.74, 6) is -0.155. The maximum Gasteiger partial charge on any atom is 0.243 e. The van der Waals surface area contributed by atoms with E-state index in [0.29, 0.717) is 19.4 Å². The zero-order valence-electron chi connectivity index (χ0n) is 15.0. The van der Waals surface area contributed by atoms with E-state index in [1.165, 1.54) is 4.31 Å². The van der Waals surface area contributed by atoms with Crippen molar-refractivity contribution in [2.75, 3.05) is 26.2 Å². The van der Waals surface area contributed by atoms with Crippen molar-refractivity contribution in [2.45, 2.75) is 49.6 Å². The number of halogens is 1. The van der Waals surface area contributed by atoms with Crippen LogP contribution >= 0.6 is 15.9 Å². The summed E-state index contributed by atoms with van der Waals surface area (Å²) >= 11 is 3.32. The number of amides is 1. The van der Waals surface area contributed by atoms with E-state index < -0.39 is 16.1 Å². The first kappa shape index (κ1) is 19.8. The Morgan fingerprint density at radius 2 is 1.81 bits per heavy atom. The van der Waals surface area contributed by atoms with E-state index in [1.54, 1.807) is 24.3 Å². The Kier molecular flexibility index (Phi) is 6.37. The monoisotopic (exact) mass is 443 g/mol. The highest BCUT2D eigenvalue weighted by atomic mass is 79.9. The molecule has 144 valence electrons. The Hall–Kier alpha value is -0.960. The molecule has 2 fully saturated rings. The van der Waals surface area contributed by atoms with Gasteiger partial charge in [-0.15, -0.1) is 0 Å². The third-order valence-electron chi connectivity index (χ3n) is 5.31. The number of benzene rings is 1. The van der Waals surface area contributed by atoms with E-state index in [4.69, 9.17) is 0 Å². The molecule has 0 aliphatic carbocycles. The lowest BCUT2D eigenvalue weighted by Gasteiger charge is -2.32. The molecule has 2 saturated heterocycles. The molecule has 0 aromatic heterocycles. The van der Waals surface area contributed by atoms with Gasteiger partial charge in [0.05, 0.1) is 4.90 Å². The average Bonchev–Trinajstić information content (AvgIpc) is 3.13. The van der Waals surface area contributed by atoms with Crippen molar-refractivity contribution < 1.29 is 13.2 Å². The summed E-state index contributed by atoms with van der Waals surface area (Å²) in [6, 6.07) is 6.11.